The Bertz CT molecular complexity index is 516. The van der Waals surface area contributed by atoms with Gasteiger partial charge in [-0.2, -0.15) is 5.10 Å². The molecule has 0 fully saturated rings. The van der Waals surface area contributed by atoms with Crippen LogP contribution < -0.4 is 5.73 Å². The molecule has 1 atom stereocenters. The summed E-state index contributed by atoms with van der Waals surface area (Å²) in [6, 6.07) is 10.9. The average molecular weight is 257 g/mol. The van der Waals surface area contributed by atoms with Crippen LogP contribution in [-0.2, 0) is 19.9 Å². The van der Waals surface area contributed by atoms with Crippen molar-refractivity contribution in [3.05, 3.63) is 53.3 Å². The van der Waals surface area contributed by atoms with E-state index < -0.39 is 0 Å². The third-order valence-electron chi connectivity index (χ3n) is 3.74. The maximum atomic E-state index is 6.21. The second-order valence-electron chi connectivity index (χ2n) is 5.21. The highest BCUT2D eigenvalue weighted by Crippen LogP contribution is 2.12. The van der Waals surface area contributed by atoms with Crippen molar-refractivity contribution in [2.45, 2.75) is 38.6 Å². The fourth-order valence-corrected chi connectivity index (χ4v) is 2.36. The Hall–Kier alpha value is -1.61. The predicted octanol–water partition coefficient (Wildman–Crippen LogP) is 2.62. The van der Waals surface area contributed by atoms with Gasteiger partial charge in [0.05, 0.1) is 0 Å². The topological polar surface area (TPSA) is 43.8 Å². The molecule has 2 N–H and O–H groups in total. The lowest BCUT2D eigenvalue weighted by molar-refractivity contribution is 0.553. The van der Waals surface area contributed by atoms with Gasteiger partial charge in [-0.25, -0.2) is 0 Å². The van der Waals surface area contributed by atoms with E-state index in [2.05, 4.69) is 42.4 Å². The lowest BCUT2D eigenvalue weighted by atomic mass is 9.99. The summed E-state index contributed by atoms with van der Waals surface area (Å²) in [5.74, 6) is 0. The average Bonchev–Trinajstić information content (AvgIpc) is 2.81. The zero-order chi connectivity index (χ0) is 13.7. The molecule has 1 heterocycles. The number of rotatable bonds is 6. The van der Waals surface area contributed by atoms with Gasteiger partial charge in [0, 0.05) is 25.0 Å². The van der Waals surface area contributed by atoms with Crippen molar-refractivity contribution in [3.63, 3.8) is 0 Å². The lowest BCUT2D eigenvalue weighted by Crippen LogP contribution is -2.22. The van der Waals surface area contributed by atoms with Crippen LogP contribution in [0.2, 0.25) is 0 Å². The van der Waals surface area contributed by atoms with Crippen molar-refractivity contribution in [1.29, 1.82) is 0 Å². The minimum atomic E-state index is 0.259. The van der Waals surface area contributed by atoms with Crippen molar-refractivity contribution in [1.82, 2.24) is 9.78 Å². The molecule has 1 unspecified atom stereocenters. The number of hydrogen-bond donors (Lipinski definition) is 1. The highest BCUT2D eigenvalue weighted by Gasteiger charge is 2.06. The molecule has 19 heavy (non-hydrogen) atoms. The van der Waals surface area contributed by atoms with Crippen LogP contribution in [0.5, 0.6) is 0 Å². The fourth-order valence-electron chi connectivity index (χ4n) is 2.36. The standard InChI is InChI=1S/C16H23N3/c1-13-5-3-4-6-14(13)7-8-15(17)9-10-16-11-12-18-19(16)2/h3-6,11-12,15H,7-10,17H2,1-2H3. The van der Waals surface area contributed by atoms with Crippen LogP contribution in [0.15, 0.2) is 36.5 Å². The number of nitrogens with two attached hydrogens (primary N) is 1. The van der Waals surface area contributed by atoms with Gasteiger partial charge in [-0.3, -0.25) is 4.68 Å². The van der Waals surface area contributed by atoms with Gasteiger partial charge >= 0.3 is 0 Å². The predicted molar refractivity (Wildman–Crippen MR) is 79.0 cm³/mol. The van der Waals surface area contributed by atoms with Crippen LogP contribution in [0.3, 0.4) is 0 Å². The van der Waals surface area contributed by atoms with E-state index >= 15 is 0 Å². The summed E-state index contributed by atoms with van der Waals surface area (Å²) < 4.78 is 1.92. The number of nitrogens with zero attached hydrogens (tertiary/aromatic N) is 2. The van der Waals surface area contributed by atoms with Gasteiger partial charge in [-0.15, -0.1) is 0 Å². The quantitative estimate of drug-likeness (QED) is 0.864. The van der Waals surface area contributed by atoms with E-state index in [9.17, 15) is 0 Å². The number of aromatic nitrogens is 2. The lowest BCUT2D eigenvalue weighted by Gasteiger charge is -2.12. The molecule has 102 valence electrons. The first-order valence-electron chi connectivity index (χ1n) is 6.94. The molecule has 0 amide bonds. The monoisotopic (exact) mass is 257 g/mol. The summed E-state index contributed by atoms with van der Waals surface area (Å²) in [5, 5.41) is 4.18. The normalized spacial score (nSPS) is 12.6. The van der Waals surface area contributed by atoms with Crippen molar-refractivity contribution in [2.75, 3.05) is 0 Å². The third-order valence-corrected chi connectivity index (χ3v) is 3.74. The summed E-state index contributed by atoms with van der Waals surface area (Å²) >= 11 is 0. The second kappa shape index (κ2) is 6.53. The minimum Gasteiger partial charge on any atom is -0.328 e. The van der Waals surface area contributed by atoms with Crippen LogP contribution in [0.25, 0.3) is 0 Å². The van der Waals surface area contributed by atoms with Crippen LogP contribution >= 0.6 is 0 Å². The van der Waals surface area contributed by atoms with Crippen LogP contribution in [0, 0.1) is 6.92 Å². The van der Waals surface area contributed by atoms with E-state index in [4.69, 9.17) is 5.73 Å². The van der Waals surface area contributed by atoms with Crippen molar-refractivity contribution >= 4 is 0 Å². The highest BCUT2D eigenvalue weighted by molar-refractivity contribution is 5.25. The Labute approximate surface area is 115 Å². The Morgan fingerprint density at radius 1 is 1.16 bits per heavy atom. The van der Waals surface area contributed by atoms with E-state index in [1.807, 2.05) is 17.9 Å². The highest BCUT2D eigenvalue weighted by atomic mass is 15.2. The van der Waals surface area contributed by atoms with Gasteiger partial charge < -0.3 is 5.73 Å². The molecule has 0 saturated heterocycles. The summed E-state index contributed by atoms with van der Waals surface area (Å²) in [4.78, 5) is 0. The first-order chi connectivity index (χ1) is 9.16. The summed E-state index contributed by atoms with van der Waals surface area (Å²) in [6.07, 6.45) is 5.98. The molecule has 0 aliphatic carbocycles. The van der Waals surface area contributed by atoms with Crippen molar-refractivity contribution < 1.29 is 0 Å². The molecule has 2 aromatic rings. The molecule has 0 aliphatic heterocycles. The van der Waals surface area contributed by atoms with E-state index in [1.54, 1.807) is 0 Å². The maximum absolute atomic E-state index is 6.21. The number of aryl methyl sites for hydroxylation is 4. The van der Waals surface area contributed by atoms with Crippen LogP contribution in [-0.4, -0.2) is 15.8 Å². The van der Waals surface area contributed by atoms with Gasteiger partial charge in [-0.05, 0) is 49.8 Å². The third kappa shape index (κ3) is 3.93. The van der Waals surface area contributed by atoms with Gasteiger partial charge in [0.1, 0.15) is 0 Å². The number of benzene rings is 1. The van der Waals surface area contributed by atoms with Gasteiger partial charge in [0.2, 0.25) is 0 Å². The molecule has 1 aromatic heterocycles. The molecule has 1 aromatic carbocycles. The Morgan fingerprint density at radius 2 is 1.89 bits per heavy atom. The van der Waals surface area contributed by atoms with Gasteiger partial charge in [-0.1, -0.05) is 24.3 Å². The molecule has 3 heteroatoms. The van der Waals surface area contributed by atoms with Crippen molar-refractivity contribution in [2.24, 2.45) is 12.8 Å². The summed E-state index contributed by atoms with van der Waals surface area (Å²) in [7, 11) is 1.98. The SMILES string of the molecule is Cc1ccccc1CCC(N)CCc1ccnn1C. The molecular weight excluding hydrogens is 234 g/mol. The largest absolute Gasteiger partial charge is 0.328 e. The minimum absolute atomic E-state index is 0.259. The van der Waals surface area contributed by atoms with Crippen LogP contribution in [0.1, 0.15) is 29.7 Å². The Kier molecular flexibility index (Phi) is 4.74. The van der Waals surface area contributed by atoms with E-state index in [1.165, 1.54) is 16.8 Å². The molecule has 3 nitrogen and oxygen atoms in total. The van der Waals surface area contributed by atoms with E-state index in [-0.39, 0.29) is 6.04 Å². The summed E-state index contributed by atoms with van der Waals surface area (Å²) in [6.45, 7) is 2.16. The first kappa shape index (κ1) is 13.8. The molecule has 0 saturated carbocycles. The molecule has 0 bridgehead atoms. The number of hydrogen-bond acceptors (Lipinski definition) is 2. The van der Waals surface area contributed by atoms with Gasteiger partial charge in [0.15, 0.2) is 0 Å². The van der Waals surface area contributed by atoms with E-state index in [0.717, 1.165) is 25.7 Å². The van der Waals surface area contributed by atoms with Gasteiger partial charge in [0.25, 0.3) is 0 Å². The Balaban J connectivity index is 1.77. The van der Waals surface area contributed by atoms with Crippen LogP contribution in [0.4, 0.5) is 0 Å². The smallest absolute Gasteiger partial charge is 0.0492 e. The fraction of sp³-hybridized carbons (Fsp3) is 0.438. The zero-order valence-electron chi connectivity index (χ0n) is 11.8. The van der Waals surface area contributed by atoms with E-state index in [0.29, 0.717) is 0 Å². The maximum Gasteiger partial charge on any atom is 0.0492 e. The Morgan fingerprint density at radius 3 is 2.58 bits per heavy atom. The second-order valence-corrected chi connectivity index (χ2v) is 5.21. The molecule has 0 spiro atoms. The molecule has 0 aliphatic rings. The molecule has 0 radical (unpaired) electrons. The zero-order valence-corrected chi connectivity index (χ0v) is 11.8. The molecule has 2 rings (SSSR count). The summed E-state index contributed by atoms with van der Waals surface area (Å²) in [5.41, 5.74) is 10.2. The molecular formula is C16H23N3. The van der Waals surface area contributed by atoms with Crippen molar-refractivity contribution in [3.8, 4) is 0 Å². The first-order valence-corrected chi connectivity index (χ1v) is 6.94.